The maximum atomic E-state index is 11.5. The fourth-order valence-corrected chi connectivity index (χ4v) is 3.21. The molecule has 0 spiro atoms. The quantitative estimate of drug-likeness (QED) is 0.700. The van der Waals surface area contributed by atoms with E-state index < -0.39 is 5.97 Å². The summed E-state index contributed by atoms with van der Waals surface area (Å²) in [7, 11) is 3.41. The number of nitrogens with zero attached hydrogens (tertiary/aromatic N) is 2. The SMILES string of the molecule is C=C(c1cc(OC)nc(SC)c1)c1ccc2c(c1)c(C(=O)O)cn2C. The maximum absolute atomic E-state index is 11.5. The Bertz CT molecular complexity index is 969. The van der Waals surface area contributed by atoms with E-state index >= 15 is 0 Å². The Morgan fingerprint density at radius 1 is 1.28 bits per heavy atom. The maximum Gasteiger partial charge on any atom is 0.337 e. The van der Waals surface area contributed by atoms with E-state index in [9.17, 15) is 9.90 Å². The second kappa shape index (κ2) is 6.64. The molecule has 6 heteroatoms. The summed E-state index contributed by atoms with van der Waals surface area (Å²) in [6.07, 6.45) is 3.57. The minimum absolute atomic E-state index is 0.282. The number of aromatic carboxylic acids is 1. The number of hydrogen-bond acceptors (Lipinski definition) is 4. The number of rotatable bonds is 5. The first kappa shape index (κ1) is 17.1. The van der Waals surface area contributed by atoms with E-state index in [1.54, 1.807) is 13.3 Å². The van der Waals surface area contributed by atoms with Gasteiger partial charge in [-0.1, -0.05) is 12.6 Å². The summed E-state index contributed by atoms with van der Waals surface area (Å²) in [5.41, 5.74) is 3.69. The molecule has 1 aromatic carbocycles. The topological polar surface area (TPSA) is 64.3 Å². The van der Waals surface area contributed by atoms with Crippen molar-refractivity contribution in [3.63, 3.8) is 0 Å². The van der Waals surface area contributed by atoms with Crippen LogP contribution in [0, 0.1) is 0 Å². The van der Waals surface area contributed by atoms with Crippen LogP contribution in [0.2, 0.25) is 0 Å². The fourth-order valence-electron chi connectivity index (χ4n) is 2.78. The third-order valence-electron chi connectivity index (χ3n) is 4.11. The second-order valence-corrected chi connectivity index (χ2v) is 6.44. The smallest absolute Gasteiger partial charge is 0.337 e. The van der Waals surface area contributed by atoms with Gasteiger partial charge in [-0.25, -0.2) is 9.78 Å². The summed E-state index contributed by atoms with van der Waals surface area (Å²) in [5.74, 6) is -0.418. The average molecular weight is 354 g/mol. The molecule has 0 radical (unpaired) electrons. The molecule has 0 saturated carbocycles. The number of thioether (sulfide) groups is 1. The number of fused-ring (bicyclic) bond motifs is 1. The van der Waals surface area contributed by atoms with Crippen molar-refractivity contribution in [1.82, 2.24) is 9.55 Å². The lowest BCUT2D eigenvalue weighted by Gasteiger charge is -2.10. The third kappa shape index (κ3) is 3.13. The first-order valence-corrected chi connectivity index (χ1v) is 8.79. The van der Waals surface area contributed by atoms with E-state index in [4.69, 9.17) is 4.74 Å². The molecule has 128 valence electrons. The first-order valence-electron chi connectivity index (χ1n) is 7.56. The summed E-state index contributed by atoms with van der Waals surface area (Å²) in [6, 6.07) is 9.50. The summed E-state index contributed by atoms with van der Waals surface area (Å²) in [5, 5.41) is 10.9. The van der Waals surface area contributed by atoms with Crippen LogP contribution in [0.1, 0.15) is 21.5 Å². The number of carbonyl (C=O) groups is 1. The molecule has 0 aliphatic heterocycles. The number of aryl methyl sites for hydroxylation is 1. The van der Waals surface area contributed by atoms with Gasteiger partial charge >= 0.3 is 5.97 Å². The Morgan fingerprint density at radius 3 is 2.68 bits per heavy atom. The van der Waals surface area contributed by atoms with Crippen molar-refractivity contribution >= 4 is 34.2 Å². The molecule has 0 saturated heterocycles. The zero-order chi connectivity index (χ0) is 18.1. The molecule has 0 amide bonds. The van der Waals surface area contributed by atoms with Gasteiger partial charge in [-0.05, 0) is 41.2 Å². The number of benzene rings is 1. The highest BCUT2D eigenvalue weighted by Crippen LogP contribution is 2.30. The van der Waals surface area contributed by atoms with Gasteiger partial charge in [0.15, 0.2) is 0 Å². The number of pyridine rings is 1. The van der Waals surface area contributed by atoms with Crippen LogP contribution in [0.15, 0.2) is 48.1 Å². The van der Waals surface area contributed by atoms with Gasteiger partial charge in [-0.15, -0.1) is 11.8 Å². The highest BCUT2D eigenvalue weighted by atomic mass is 32.2. The molecule has 0 fully saturated rings. The van der Waals surface area contributed by atoms with Crippen LogP contribution in [0.5, 0.6) is 5.88 Å². The molecule has 25 heavy (non-hydrogen) atoms. The van der Waals surface area contributed by atoms with Gasteiger partial charge in [0, 0.05) is 30.2 Å². The monoisotopic (exact) mass is 354 g/mol. The Morgan fingerprint density at radius 2 is 2.04 bits per heavy atom. The number of carboxylic acids is 1. The molecule has 0 atom stereocenters. The van der Waals surface area contributed by atoms with E-state index in [1.807, 2.05) is 48.2 Å². The number of aromatic nitrogens is 2. The van der Waals surface area contributed by atoms with Crippen molar-refractivity contribution in [3.05, 3.63) is 59.8 Å². The molecule has 5 nitrogen and oxygen atoms in total. The molecule has 0 aliphatic carbocycles. The number of carboxylic acid groups (broad SMARTS) is 1. The molecular weight excluding hydrogens is 336 g/mol. The van der Waals surface area contributed by atoms with E-state index in [1.165, 1.54) is 11.8 Å². The fraction of sp³-hybridized carbons (Fsp3) is 0.158. The van der Waals surface area contributed by atoms with Crippen molar-refractivity contribution in [2.75, 3.05) is 13.4 Å². The Balaban J connectivity index is 2.11. The second-order valence-electron chi connectivity index (χ2n) is 5.61. The van der Waals surface area contributed by atoms with E-state index in [-0.39, 0.29) is 5.56 Å². The van der Waals surface area contributed by atoms with Crippen LogP contribution in [0.3, 0.4) is 0 Å². The van der Waals surface area contributed by atoms with Crippen LogP contribution in [-0.4, -0.2) is 34.0 Å². The number of hydrogen-bond donors (Lipinski definition) is 1. The van der Waals surface area contributed by atoms with Crippen molar-refractivity contribution in [1.29, 1.82) is 0 Å². The van der Waals surface area contributed by atoms with E-state index in [0.29, 0.717) is 11.3 Å². The van der Waals surface area contributed by atoms with Crippen LogP contribution >= 0.6 is 11.8 Å². The van der Waals surface area contributed by atoms with Crippen LogP contribution in [-0.2, 0) is 7.05 Å². The summed E-state index contributed by atoms with van der Waals surface area (Å²) in [4.78, 5) is 15.8. The van der Waals surface area contributed by atoms with Gasteiger partial charge in [-0.2, -0.15) is 0 Å². The standard InChI is InChI=1S/C19H18N2O3S/c1-11(13-8-17(24-3)20-18(9-13)25-4)12-5-6-16-14(7-12)15(19(22)23)10-21(16)2/h5-10H,1H2,2-4H3,(H,22,23). The Kier molecular flexibility index (Phi) is 4.55. The molecule has 0 aliphatic rings. The molecule has 2 heterocycles. The van der Waals surface area contributed by atoms with Gasteiger partial charge in [0.05, 0.1) is 12.7 Å². The molecule has 0 unspecified atom stereocenters. The normalized spacial score (nSPS) is 10.8. The predicted molar refractivity (Wildman–Crippen MR) is 101 cm³/mol. The summed E-state index contributed by atoms with van der Waals surface area (Å²) < 4.78 is 7.07. The molecule has 2 aromatic heterocycles. The van der Waals surface area contributed by atoms with Crippen molar-refractivity contribution in [2.24, 2.45) is 7.05 Å². The summed E-state index contributed by atoms with van der Waals surface area (Å²) in [6.45, 7) is 4.19. The van der Waals surface area contributed by atoms with Crippen LogP contribution in [0.25, 0.3) is 16.5 Å². The minimum Gasteiger partial charge on any atom is -0.481 e. The third-order valence-corrected chi connectivity index (χ3v) is 4.74. The Labute approximate surface area is 150 Å². The number of ether oxygens (including phenoxy) is 1. The lowest BCUT2D eigenvalue weighted by atomic mass is 9.98. The van der Waals surface area contributed by atoms with Gasteiger partial charge in [0.25, 0.3) is 0 Å². The van der Waals surface area contributed by atoms with Gasteiger partial charge in [0.2, 0.25) is 5.88 Å². The molecule has 3 aromatic rings. The summed E-state index contributed by atoms with van der Waals surface area (Å²) >= 11 is 1.52. The average Bonchev–Trinajstić information content (AvgIpc) is 2.97. The Hall–Kier alpha value is -2.73. The largest absolute Gasteiger partial charge is 0.481 e. The molecule has 1 N–H and O–H groups in total. The lowest BCUT2D eigenvalue weighted by molar-refractivity contribution is 0.0699. The predicted octanol–water partition coefficient (Wildman–Crippen LogP) is 4.06. The van der Waals surface area contributed by atoms with E-state index in [0.717, 1.165) is 27.2 Å². The van der Waals surface area contributed by atoms with Crippen LogP contribution in [0.4, 0.5) is 0 Å². The van der Waals surface area contributed by atoms with Crippen LogP contribution < -0.4 is 4.74 Å². The van der Waals surface area contributed by atoms with Gasteiger partial charge in [-0.3, -0.25) is 0 Å². The zero-order valence-corrected chi connectivity index (χ0v) is 15.1. The number of methoxy groups -OCH3 is 1. The molecule has 0 bridgehead atoms. The van der Waals surface area contributed by atoms with Crippen molar-refractivity contribution < 1.29 is 14.6 Å². The van der Waals surface area contributed by atoms with Gasteiger partial charge in [0.1, 0.15) is 5.03 Å². The van der Waals surface area contributed by atoms with Crippen molar-refractivity contribution in [3.8, 4) is 5.88 Å². The van der Waals surface area contributed by atoms with E-state index in [2.05, 4.69) is 11.6 Å². The zero-order valence-electron chi connectivity index (χ0n) is 14.2. The van der Waals surface area contributed by atoms with Crippen molar-refractivity contribution in [2.45, 2.75) is 5.03 Å². The highest BCUT2D eigenvalue weighted by molar-refractivity contribution is 7.98. The molecular formula is C19H18N2O3S. The van der Waals surface area contributed by atoms with Gasteiger partial charge < -0.3 is 14.4 Å². The molecule has 3 rings (SSSR count). The highest BCUT2D eigenvalue weighted by Gasteiger charge is 2.15. The minimum atomic E-state index is -0.941. The lowest BCUT2D eigenvalue weighted by Crippen LogP contribution is -1.95. The first-order chi connectivity index (χ1) is 11.9.